The molecule has 0 bridgehead atoms. The highest BCUT2D eigenvalue weighted by molar-refractivity contribution is 6.42. The molecule has 174 valence electrons. The van der Waals surface area contributed by atoms with Gasteiger partial charge >= 0.3 is 6.09 Å². The van der Waals surface area contributed by atoms with E-state index < -0.39 is 6.10 Å². The van der Waals surface area contributed by atoms with Crippen molar-refractivity contribution in [2.24, 2.45) is 0 Å². The summed E-state index contributed by atoms with van der Waals surface area (Å²) in [7, 11) is 0. The third-order valence-electron chi connectivity index (χ3n) is 5.65. The Balaban J connectivity index is 1.37. The molecule has 7 nitrogen and oxygen atoms in total. The Morgan fingerprint density at radius 1 is 1.09 bits per heavy atom. The molecule has 1 fully saturated rings. The summed E-state index contributed by atoms with van der Waals surface area (Å²) in [5, 5.41) is 9.10. The molecule has 3 aromatic rings. The minimum Gasteiger partial charge on any atom is -0.490 e. The molecule has 1 saturated heterocycles. The van der Waals surface area contributed by atoms with Gasteiger partial charge in [0.05, 0.1) is 22.4 Å². The molecule has 2 aromatic carbocycles. The minimum atomic E-state index is -0.574. The van der Waals surface area contributed by atoms with Crippen molar-refractivity contribution in [2.75, 3.05) is 13.2 Å². The number of benzene rings is 2. The molecule has 1 aliphatic rings. The number of ether oxygens (including phenoxy) is 2. The lowest BCUT2D eigenvalue weighted by Gasteiger charge is -2.27. The number of hydrogen-bond donors (Lipinski definition) is 0. The zero-order valence-corrected chi connectivity index (χ0v) is 19.7. The highest BCUT2D eigenvalue weighted by Crippen LogP contribution is 2.27. The smallest absolute Gasteiger partial charge is 0.410 e. The summed E-state index contributed by atoms with van der Waals surface area (Å²) in [5.74, 6) is 0.542. The SMILES string of the molecule is O=C(OC(COc1ccc(Cl)c(Cl)c1)Cn1nccn1)N1CCC[C@@H]1CCc1ccccc1. The van der Waals surface area contributed by atoms with Crippen LogP contribution in [0.25, 0.3) is 0 Å². The third kappa shape index (κ3) is 6.62. The van der Waals surface area contributed by atoms with Gasteiger partial charge in [0.1, 0.15) is 18.9 Å². The molecule has 1 amide bonds. The lowest BCUT2D eigenvalue weighted by atomic mass is 10.0. The molecule has 2 heterocycles. The summed E-state index contributed by atoms with van der Waals surface area (Å²) in [6, 6.07) is 15.5. The van der Waals surface area contributed by atoms with Crippen molar-refractivity contribution < 1.29 is 14.3 Å². The Bertz CT molecular complexity index is 1030. The van der Waals surface area contributed by atoms with Crippen LogP contribution in [0.4, 0.5) is 4.79 Å². The predicted octanol–water partition coefficient (Wildman–Crippen LogP) is 5.27. The van der Waals surface area contributed by atoms with Crippen molar-refractivity contribution in [3.63, 3.8) is 0 Å². The fraction of sp³-hybridized carbons (Fsp3) is 0.375. The predicted molar refractivity (Wildman–Crippen MR) is 127 cm³/mol. The number of aryl methyl sites for hydroxylation is 1. The molecule has 0 N–H and O–H groups in total. The number of carbonyl (C=O) groups excluding carboxylic acids is 1. The molecule has 0 aliphatic carbocycles. The number of nitrogens with zero attached hydrogens (tertiary/aromatic N) is 4. The fourth-order valence-electron chi connectivity index (χ4n) is 3.96. The molecule has 0 spiro atoms. The Morgan fingerprint density at radius 2 is 1.88 bits per heavy atom. The molecule has 1 aromatic heterocycles. The van der Waals surface area contributed by atoms with Gasteiger partial charge in [-0.25, -0.2) is 4.79 Å². The zero-order chi connectivity index (χ0) is 23.0. The van der Waals surface area contributed by atoms with Crippen LogP contribution in [0.3, 0.4) is 0 Å². The van der Waals surface area contributed by atoms with Crippen LogP contribution in [0.1, 0.15) is 24.8 Å². The first kappa shape index (κ1) is 23.4. The Hall–Kier alpha value is -2.77. The molecule has 2 atom stereocenters. The minimum absolute atomic E-state index is 0.133. The third-order valence-corrected chi connectivity index (χ3v) is 6.39. The van der Waals surface area contributed by atoms with Crippen molar-refractivity contribution in [1.82, 2.24) is 19.9 Å². The van der Waals surface area contributed by atoms with E-state index in [1.165, 1.54) is 10.4 Å². The maximum Gasteiger partial charge on any atom is 0.410 e. The van der Waals surface area contributed by atoms with E-state index in [4.69, 9.17) is 32.7 Å². The maximum atomic E-state index is 13.1. The van der Waals surface area contributed by atoms with Gasteiger partial charge in [0.2, 0.25) is 0 Å². The quantitative estimate of drug-likeness (QED) is 0.410. The zero-order valence-electron chi connectivity index (χ0n) is 18.1. The second-order valence-corrected chi connectivity index (χ2v) is 8.80. The van der Waals surface area contributed by atoms with Gasteiger partial charge in [0.25, 0.3) is 0 Å². The molecule has 0 saturated carbocycles. The monoisotopic (exact) mass is 488 g/mol. The van der Waals surface area contributed by atoms with Crippen LogP contribution >= 0.6 is 23.2 Å². The topological polar surface area (TPSA) is 69.5 Å². The summed E-state index contributed by atoms with van der Waals surface area (Å²) < 4.78 is 11.7. The summed E-state index contributed by atoms with van der Waals surface area (Å²) in [6.45, 7) is 1.11. The van der Waals surface area contributed by atoms with Crippen LogP contribution in [-0.2, 0) is 17.7 Å². The summed E-state index contributed by atoms with van der Waals surface area (Å²) in [4.78, 5) is 16.4. The van der Waals surface area contributed by atoms with Crippen LogP contribution < -0.4 is 4.74 Å². The first-order valence-electron chi connectivity index (χ1n) is 11.0. The number of carbonyl (C=O) groups is 1. The molecule has 33 heavy (non-hydrogen) atoms. The molecule has 4 rings (SSSR count). The Labute approximate surface area is 203 Å². The number of likely N-dealkylation sites (tertiary alicyclic amines) is 1. The Kier molecular flexibility index (Phi) is 8.07. The van der Waals surface area contributed by atoms with Gasteiger partial charge in [-0.2, -0.15) is 15.0 Å². The van der Waals surface area contributed by atoms with Crippen LogP contribution in [0, 0.1) is 0 Å². The van der Waals surface area contributed by atoms with E-state index in [-0.39, 0.29) is 25.3 Å². The van der Waals surface area contributed by atoms with Crippen molar-refractivity contribution in [3.8, 4) is 5.75 Å². The van der Waals surface area contributed by atoms with Crippen molar-refractivity contribution in [3.05, 3.63) is 76.5 Å². The molecule has 1 aliphatic heterocycles. The van der Waals surface area contributed by atoms with Crippen molar-refractivity contribution >= 4 is 29.3 Å². The average Bonchev–Trinajstić information content (AvgIpc) is 3.51. The van der Waals surface area contributed by atoms with Crippen LogP contribution in [0.2, 0.25) is 10.0 Å². The van der Waals surface area contributed by atoms with Crippen LogP contribution in [0.15, 0.2) is 60.9 Å². The van der Waals surface area contributed by atoms with Gasteiger partial charge in [-0.15, -0.1) is 0 Å². The van der Waals surface area contributed by atoms with E-state index in [1.54, 1.807) is 30.6 Å². The molecule has 9 heteroatoms. The van der Waals surface area contributed by atoms with Gasteiger partial charge in [0, 0.05) is 18.7 Å². The number of rotatable bonds is 9. The summed E-state index contributed by atoms with van der Waals surface area (Å²) in [5.41, 5.74) is 1.27. The lowest BCUT2D eigenvalue weighted by Crippen LogP contribution is -2.40. The van der Waals surface area contributed by atoms with Crippen LogP contribution in [-0.4, -0.2) is 51.3 Å². The Morgan fingerprint density at radius 3 is 2.64 bits per heavy atom. The first-order valence-corrected chi connectivity index (χ1v) is 11.8. The number of amides is 1. The number of hydrogen-bond acceptors (Lipinski definition) is 5. The normalized spacial score (nSPS) is 16.5. The van der Waals surface area contributed by atoms with Gasteiger partial charge < -0.3 is 14.4 Å². The van der Waals surface area contributed by atoms with Gasteiger partial charge in [0.15, 0.2) is 6.10 Å². The first-order chi connectivity index (χ1) is 16.1. The van der Waals surface area contributed by atoms with E-state index in [0.29, 0.717) is 22.3 Å². The van der Waals surface area contributed by atoms with E-state index >= 15 is 0 Å². The number of halogens is 2. The summed E-state index contributed by atoms with van der Waals surface area (Å²) >= 11 is 12.1. The fourth-order valence-corrected chi connectivity index (χ4v) is 4.25. The van der Waals surface area contributed by atoms with E-state index in [1.807, 2.05) is 23.1 Å². The van der Waals surface area contributed by atoms with Crippen molar-refractivity contribution in [2.45, 2.75) is 44.4 Å². The van der Waals surface area contributed by atoms with Gasteiger partial charge in [-0.1, -0.05) is 53.5 Å². The molecular weight excluding hydrogens is 463 g/mol. The average molecular weight is 489 g/mol. The van der Waals surface area contributed by atoms with Crippen LogP contribution in [0.5, 0.6) is 5.75 Å². The van der Waals surface area contributed by atoms with E-state index in [9.17, 15) is 4.79 Å². The van der Waals surface area contributed by atoms with E-state index in [0.717, 1.165) is 25.7 Å². The van der Waals surface area contributed by atoms with E-state index in [2.05, 4.69) is 22.3 Å². The largest absolute Gasteiger partial charge is 0.490 e. The maximum absolute atomic E-state index is 13.1. The highest BCUT2D eigenvalue weighted by Gasteiger charge is 2.31. The van der Waals surface area contributed by atoms with Crippen molar-refractivity contribution in [1.29, 1.82) is 0 Å². The highest BCUT2D eigenvalue weighted by atomic mass is 35.5. The van der Waals surface area contributed by atoms with Gasteiger partial charge in [-0.05, 0) is 43.4 Å². The lowest BCUT2D eigenvalue weighted by molar-refractivity contribution is 0.0247. The summed E-state index contributed by atoms with van der Waals surface area (Å²) in [6.07, 6.45) is 6.04. The standard InChI is InChI=1S/C24H26Cl2N4O3/c25-22-11-10-20(15-23(22)26)32-17-21(16-30-27-12-13-28-30)33-24(31)29-14-4-7-19(29)9-8-18-5-2-1-3-6-18/h1-3,5-6,10-13,15,19,21H,4,7-9,14,16-17H2/t19-,21?/m1/s1. The second kappa shape index (κ2) is 11.4. The molecule has 0 radical (unpaired) electrons. The molecule has 1 unspecified atom stereocenters. The molecular formula is C24H26Cl2N4O3. The second-order valence-electron chi connectivity index (χ2n) is 7.99. The van der Waals surface area contributed by atoms with Gasteiger partial charge in [-0.3, -0.25) is 0 Å². The number of aromatic nitrogens is 3.